The van der Waals surface area contributed by atoms with Crippen molar-refractivity contribution in [1.29, 1.82) is 0 Å². The summed E-state index contributed by atoms with van der Waals surface area (Å²) in [4.78, 5) is 23.5. The van der Waals surface area contributed by atoms with Crippen molar-refractivity contribution in [1.82, 2.24) is 5.32 Å². The largest absolute Gasteiger partial charge is 0.481 e. The number of amides is 1. The van der Waals surface area contributed by atoms with Crippen LogP contribution in [-0.2, 0) is 4.79 Å². The van der Waals surface area contributed by atoms with Gasteiger partial charge in [0.25, 0.3) is 5.91 Å². The third-order valence-electron chi connectivity index (χ3n) is 4.68. The molecule has 2 bridgehead atoms. The summed E-state index contributed by atoms with van der Waals surface area (Å²) in [5.74, 6) is -3.90. The lowest BCUT2D eigenvalue weighted by Crippen LogP contribution is -2.46. The van der Waals surface area contributed by atoms with E-state index in [1.54, 1.807) is 0 Å². The van der Waals surface area contributed by atoms with Gasteiger partial charge in [0, 0.05) is 11.6 Å². The summed E-state index contributed by atoms with van der Waals surface area (Å²) >= 11 is 0. The molecule has 2 saturated carbocycles. The van der Waals surface area contributed by atoms with Gasteiger partial charge in [0.1, 0.15) is 0 Å². The minimum Gasteiger partial charge on any atom is -0.481 e. The zero-order valence-corrected chi connectivity index (χ0v) is 11.2. The lowest BCUT2D eigenvalue weighted by atomic mass is 9.84. The first-order chi connectivity index (χ1) is 9.97. The van der Waals surface area contributed by atoms with E-state index < -0.39 is 35.5 Å². The van der Waals surface area contributed by atoms with Crippen LogP contribution < -0.4 is 5.32 Å². The predicted molar refractivity (Wildman–Crippen MR) is 69.6 cm³/mol. The number of carbonyl (C=O) groups is 2. The van der Waals surface area contributed by atoms with Gasteiger partial charge < -0.3 is 10.4 Å². The zero-order chi connectivity index (χ0) is 15.1. The number of hydrogen-bond acceptors (Lipinski definition) is 2. The minimum atomic E-state index is -1.09. The van der Waals surface area contributed by atoms with Gasteiger partial charge in [0.05, 0.1) is 5.92 Å². The molecule has 6 heteroatoms. The second-order valence-electron chi connectivity index (χ2n) is 5.83. The molecule has 21 heavy (non-hydrogen) atoms. The van der Waals surface area contributed by atoms with Gasteiger partial charge in [-0.15, -0.1) is 0 Å². The number of carboxylic acid groups (broad SMARTS) is 1. The van der Waals surface area contributed by atoms with Crippen molar-refractivity contribution in [2.24, 2.45) is 17.8 Å². The van der Waals surface area contributed by atoms with Crippen LogP contribution in [0.4, 0.5) is 8.78 Å². The summed E-state index contributed by atoms with van der Waals surface area (Å²) in [5, 5.41) is 12.0. The number of nitrogens with one attached hydrogen (secondary N) is 1. The fraction of sp³-hybridized carbons (Fsp3) is 0.467. The van der Waals surface area contributed by atoms with Gasteiger partial charge in [-0.3, -0.25) is 9.59 Å². The van der Waals surface area contributed by atoms with Gasteiger partial charge in [0.2, 0.25) is 0 Å². The maximum Gasteiger partial charge on any atom is 0.308 e. The van der Waals surface area contributed by atoms with E-state index in [0.29, 0.717) is 0 Å². The molecule has 4 nitrogen and oxygen atoms in total. The number of fused-ring (bicyclic) bond motifs is 2. The van der Waals surface area contributed by atoms with E-state index in [4.69, 9.17) is 0 Å². The Kier molecular flexibility index (Phi) is 3.39. The van der Waals surface area contributed by atoms with Crippen LogP contribution in [-0.4, -0.2) is 23.0 Å². The topological polar surface area (TPSA) is 66.4 Å². The summed E-state index contributed by atoms with van der Waals surface area (Å²) in [6, 6.07) is 2.48. The monoisotopic (exact) mass is 295 g/mol. The van der Waals surface area contributed by atoms with Crippen molar-refractivity contribution in [2.45, 2.75) is 25.3 Å². The first kappa shape index (κ1) is 14.0. The third-order valence-corrected chi connectivity index (χ3v) is 4.68. The number of benzene rings is 1. The highest BCUT2D eigenvalue weighted by Crippen LogP contribution is 2.48. The van der Waals surface area contributed by atoms with Crippen LogP contribution in [0.5, 0.6) is 0 Å². The first-order valence-electron chi connectivity index (χ1n) is 6.96. The molecule has 2 aliphatic rings. The molecule has 0 aliphatic heterocycles. The molecule has 1 aromatic carbocycles. The van der Waals surface area contributed by atoms with Crippen LogP contribution >= 0.6 is 0 Å². The van der Waals surface area contributed by atoms with Crippen LogP contribution in [0.15, 0.2) is 18.2 Å². The highest BCUT2D eigenvalue weighted by Gasteiger charge is 2.51. The fourth-order valence-corrected chi connectivity index (χ4v) is 3.73. The van der Waals surface area contributed by atoms with Crippen molar-refractivity contribution >= 4 is 11.9 Å². The molecule has 0 radical (unpaired) electrons. The van der Waals surface area contributed by atoms with E-state index in [9.17, 15) is 23.5 Å². The fourth-order valence-electron chi connectivity index (χ4n) is 3.73. The standard InChI is InChI=1S/C15H15F2NO3/c16-10-4-3-9(6-11(10)17)14(19)18-13-8-2-1-7(5-8)12(13)15(20)21/h3-4,6-8,12-13H,1-2,5H2,(H,18,19)(H,20,21). The molecular weight excluding hydrogens is 280 g/mol. The molecule has 112 valence electrons. The van der Waals surface area contributed by atoms with E-state index >= 15 is 0 Å². The van der Waals surface area contributed by atoms with Crippen LogP contribution in [0.3, 0.4) is 0 Å². The lowest BCUT2D eigenvalue weighted by molar-refractivity contribution is -0.144. The maximum atomic E-state index is 13.2. The molecular formula is C15H15F2NO3. The normalized spacial score (nSPS) is 30.4. The lowest BCUT2D eigenvalue weighted by Gasteiger charge is -2.28. The quantitative estimate of drug-likeness (QED) is 0.898. The molecule has 2 fully saturated rings. The molecule has 2 aliphatic carbocycles. The molecule has 2 N–H and O–H groups in total. The summed E-state index contributed by atoms with van der Waals surface area (Å²) in [7, 11) is 0. The van der Waals surface area contributed by atoms with Gasteiger partial charge in [-0.05, 0) is 49.3 Å². The predicted octanol–water partition coefficient (Wildman–Crippen LogP) is 2.19. The first-order valence-corrected chi connectivity index (χ1v) is 6.96. The highest BCUT2D eigenvalue weighted by atomic mass is 19.2. The number of rotatable bonds is 3. The highest BCUT2D eigenvalue weighted by molar-refractivity contribution is 5.94. The van der Waals surface area contributed by atoms with Gasteiger partial charge in [-0.25, -0.2) is 8.78 Å². The molecule has 3 rings (SSSR count). The molecule has 1 aromatic rings. The van der Waals surface area contributed by atoms with Gasteiger partial charge in [0.15, 0.2) is 11.6 Å². The molecule has 4 atom stereocenters. The Hall–Kier alpha value is -1.98. The third kappa shape index (κ3) is 2.39. The number of carboxylic acids is 1. The smallest absolute Gasteiger partial charge is 0.308 e. The molecule has 4 unspecified atom stereocenters. The Morgan fingerprint density at radius 3 is 2.52 bits per heavy atom. The summed E-state index contributed by atoms with van der Waals surface area (Å²) < 4.78 is 26.0. The van der Waals surface area contributed by atoms with Gasteiger partial charge in [-0.1, -0.05) is 0 Å². The molecule has 0 saturated heterocycles. The second kappa shape index (κ2) is 5.09. The molecule has 1 amide bonds. The maximum absolute atomic E-state index is 13.2. The van der Waals surface area contributed by atoms with E-state index in [2.05, 4.69) is 5.32 Å². The Morgan fingerprint density at radius 1 is 1.14 bits per heavy atom. The van der Waals surface area contributed by atoms with Gasteiger partial charge >= 0.3 is 5.97 Å². The van der Waals surface area contributed by atoms with Crippen LogP contribution in [0.25, 0.3) is 0 Å². The second-order valence-corrected chi connectivity index (χ2v) is 5.83. The average Bonchev–Trinajstić information content (AvgIpc) is 3.02. The number of aliphatic carboxylic acids is 1. The number of halogens is 2. The minimum absolute atomic E-state index is 0.000752. The zero-order valence-electron chi connectivity index (χ0n) is 11.2. The van der Waals surface area contributed by atoms with Crippen LogP contribution in [0.1, 0.15) is 29.6 Å². The van der Waals surface area contributed by atoms with E-state index in [-0.39, 0.29) is 17.4 Å². The molecule has 0 spiro atoms. The number of carbonyl (C=O) groups excluding carboxylic acids is 1. The Labute approximate surface area is 120 Å². The SMILES string of the molecule is O=C(NC1C2CCC(C2)C1C(=O)O)c1ccc(F)c(F)c1. The van der Waals surface area contributed by atoms with Gasteiger partial charge in [-0.2, -0.15) is 0 Å². The summed E-state index contributed by atoms with van der Waals surface area (Å²) in [6.07, 6.45) is 2.58. The van der Waals surface area contributed by atoms with Crippen molar-refractivity contribution in [2.75, 3.05) is 0 Å². The van der Waals surface area contributed by atoms with E-state index in [1.165, 1.54) is 6.07 Å². The Bertz CT molecular complexity index is 605. The van der Waals surface area contributed by atoms with Crippen molar-refractivity contribution < 1.29 is 23.5 Å². The van der Waals surface area contributed by atoms with E-state index in [0.717, 1.165) is 31.4 Å². The molecule has 0 heterocycles. The molecule has 0 aromatic heterocycles. The van der Waals surface area contributed by atoms with E-state index in [1.807, 2.05) is 0 Å². The van der Waals surface area contributed by atoms with Crippen LogP contribution in [0.2, 0.25) is 0 Å². The summed E-state index contributed by atoms with van der Waals surface area (Å²) in [6.45, 7) is 0. The number of hydrogen-bond donors (Lipinski definition) is 2. The summed E-state index contributed by atoms with van der Waals surface area (Å²) in [5.41, 5.74) is 0.000752. The van der Waals surface area contributed by atoms with Crippen LogP contribution in [0, 0.1) is 29.4 Å². The van der Waals surface area contributed by atoms with Crippen molar-refractivity contribution in [3.05, 3.63) is 35.4 Å². The Morgan fingerprint density at radius 2 is 1.86 bits per heavy atom. The Balaban J connectivity index is 1.77. The average molecular weight is 295 g/mol. The van der Waals surface area contributed by atoms with Crippen molar-refractivity contribution in [3.63, 3.8) is 0 Å². The van der Waals surface area contributed by atoms with Crippen molar-refractivity contribution in [3.8, 4) is 0 Å².